The van der Waals surface area contributed by atoms with Crippen LogP contribution in [-0.4, -0.2) is 39.3 Å². The molecule has 0 unspecified atom stereocenters. The average Bonchev–Trinajstić information content (AvgIpc) is 3.45. The van der Waals surface area contributed by atoms with E-state index in [0.717, 1.165) is 12.8 Å². The van der Waals surface area contributed by atoms with E-state index in [9.17, 15) is 18.4 Å². The molecule has 1 atom stereocenters. The highest BCUT2D eigenvalue weighted by Gasteiger charge is 2.40. The van der Waals surface area contributed by atoms with Crippen molar-refractivity contribution in [2.75, 3.05) is 11.1 Å². The Bertz CT molecular complexity index is 963. The van der Waals surface area contributed by atoms with Gasteiger partial charge in [0.1, 0.15) is 5.75 Å². The molecule has 3 N–H and O–H groups in total. The third-order valence-corrected chi connectivity index (χ3v) is 5.20. The third-order valence-electron chi connectivity index (χ3n) is 5.20. The summed E-state index contributed by atoms with van der Waals surface area (Å²) >= 11 is 0. The van der Waals surface area contributed by atoms with E-state index in [1.165, 1.54) is 18.5 Å². The number of amides is 2. The SMILES string of the molecule is C[C@@H](C1CC1)N1Cc2cc(NC(=O)c3cnc(N)nc3)cc(OC(F)F)c2C1=O. The van der Waals surface area contributed by atoms with Crippen molar-refractivity contribution in [2.45, 2.75) is 39.0 Å². The predicted octanol–water partition coefficient (Wildman–Crippen LogP) is 2.67. The summed E-state index contributed by atoms with van der Waals surface area (Å²) in [5, 5.41) is 2.60. The fourth-order valence-corrected chi connectivity index (χ4v) is 3.52. The van der Waals surface area contributed by atoms with Gasteiger partial charge in [-0.15, -0.1) is 0 Å². The minimum atomic E-state index is -3.10. The highest BCUT2D eigenvalue weighted by atomic mass is 19.3. The van der Waals surface area contributed by atoms with Crippen molar-refractivity contribution in [1.29, 1.82) is 0 Å². The molecular formula is C19H19F2N5O3. The number of hydrogen-bond donors (Lipinski definition) is 2. The first-order valence-corrected chi connectivity index (χ1v) is 9.15. The van der Waals surface area contributed by atoms with Crippen LogP contribution in [0.1, 0.15) is 46.0 Å². The van der Waals surface area contributed by atoms with Crippen molar-refractivity contribution in [3.05, 3.63) is 41.2 Å². The van der Waals surface area contributed by atoms with E-state index in [-0.39, 0.29) is 47.0 Å². The molecule has 1 aromatic carbocycles. The lowest BCUT2D eigenvalue weighted by molar-refractivity contribution is -0.0501. The zero-order valence-corrected chi connectivity index (χ0v) is 15.6. The number of alkyl halides is 2. The molecule has 2 aromatic rings. The first-order valence-electron chi connectivity index (χ1n) is 9.15. The first-order chi connectivity index (χ1) is 13.8. The normalized spacial score (nSPS) is 16.7. The topological polar surface area (TPSA) is 110 Å². The number of ether oxygens (including phenoxy) is 1. The van der Waals surface area contributed by atoms with Crippen LogP contribution in [-0.2, 0) is 6.54 Å². The molecule has 1 fully saturated rings. The van der Waals surface area contributed by atoms with Gasteiger partial charge in [0.15, 0.2) is 0 Å². The summed E-state index contributed by atoms with van der Waals surface area (Å²) in [6.45, 7) is -0.864. The lowest BCUT2D eigenvalue weighted by Crippen LogP contribution is -2.34. The molecule has 1 aliphatic heterocycles. The largest absolute Gasteiger partial charge is 0.434 e. The van der Waals surface area contributed by atoms with E-state index >= 15 is 0 Å². The Morgan fingerprint density at radius 2 is 2.00 bits per heavy atom. The van der Waals surface area contributed by atoms with Crippen LogP contribution in [0.2, 0.25) is 0 Å². The summed E-state index contributed by atoms with van der Waals surface area (Å²) < 4.78 is 30.5. The van der Waals surface area contributed by atoms with E-state index in [2.05, 4.69) is 20.0 Å². The Balaban J connectivity index is 1.63. The second-order valence-electron chi connectivity index (χ2n) is 7.18. The molecule has 2 heterocycles. The van der Waals surface area contributed by atoms with Crippen molar-refractivity contribution in [2.24, 2.45) is 5.92 Å². The molecule has 1 saturated carbocycles. The Morgan fingerprint density at radius 3 is 2.62 bits per heavy atom. The van der Waals surface area contributed by atoms with Crippen LogP contribution in [0.3, 0.4) is 0 Å². The van der Waals surface area contributed by atoms with Crippen molar-refractivity contribution in [3.63, 3.8) is 0 Å². The number of nitrogen functional groups attached to an aromatic ring is 1. The Hall–Kier alpha value is -3.30. The fraction of sp³-hybridized carbons (Fsp3) is 0.368. The molecule has 2 amide bonds. The number of carbonyl (C=O) groups is 2. The van der Waals surface area contributed by atoms with E-state index in [1.807, 2.05) is 6.92 Å². The monoisotopic (exact) mass is 403 g/mol. The minimum absolute atomic E-state index is 0.0132. The molecule has 1 aliphatic carbocycles. The summed E-state index contributed by atoms with van der Waals surface area (Å²) in [6.07, 6.45) is 4.60. The van der Waals surface area contributed by atoms with Crippen LogP contribution in [0.25, 0.3) is 0 Å². The summed E-state index contributed by atoms with van der Waals surface area (Å²) in [4.78, 5) is 34.4. The number of benzene rings is 1. The number of nitrogens with two attached hydrogens (primary N) is 1. The molecule has 0 bridgehead atoms. The molecule has 0 spiro atoms. The third kappa shape index (κ3) is 3.82. The van der Waals surface area contributed by atoms with Gasteiger partial charge in [-0.1, -0.05) is 0 Å². The number of nitrogens with one attached hydrogen (secondary N) is 1. The van der Waals surface area contributed by atoms with Crippen LogP contribution in [0.15, 0.2) is 24.5 Å². The van der Waals surface area contributed by atoms with Crippen LogP contribution < -0.4 is 15.8 Å². The molecule has 8 nitrogen and oxygen atoms in total. The Labute approximate surface area is 165 Å². The van der Waals surface area contributed by atoms with Crippen LogP contribution in [0.5, 0.6) is 5.75 Å². The van der Waals surface area contributed by atoms with Crippen molar-refractivity contribution >= 4 is 23.5 Å². The van der Waals surface area contributed by atoms with Gasteiger partial charge in [0.05, 0.1) is 11.1 Å². The maximum absolute atomic E-state index is 12.9. The van der Waals surface area contributed by atoms with Gasteiger partial charge >= 0.3 is 6.61 Å². The quantitative estimate of drug-likeness (QED) is 0.767. The van der Waals surface area contributed by atoms with Gasteiger partial charge < -0.3 is 20.7 Å². The summed E-state index contributed by atoms with van der Waals surface area (Å²) in [7, 11) is 0. The maximum Gasteiger partial charge on any atom is 0.387 e. The van der Waals surface area contributed by atoms with E-state index < -0.39 is 12.5 Å². The molecule has 0 saturated heterocycles. The maximum atomic E-state index is 12.9. The van der Waals surface area contributed by atoms with Gasteiger partial charge in [-0.3, -0.25) is 9.59 Å². The van der Waals surface area contributed by atoms with Crippen LogP contribution >= 0.6 is 0 Å². The first kappa shape index (κ1) is 19.0. The van der Waals surface area contributed by atoms with Crippen molar-refractivity contribution < 1.29 is 23.1 Å². The Kier molecular flexibility index (Phi) is 4.77. The highest BCUT2D eigenvalue weighted by Crippen LogP contribution is 2.41. The zero-order chi connectivity index (χ0) is 20.7. The number of anilines is 2. The molecule has 152 valence electrons. The number of nitrogens with zero attached hydrogens (tertiary/aromatic N) is 3. The molecular weight excluding hydrogens is 384 g/mol. The minimum Gasteiger partial charge on any atom is -0.434 e. The van der Waals surface area contributed by atoms with Crippen molar-refractivity contribution in [3.8, 4) is 5.75 Å². The number of fused-ring (bicyclic) bond motifs is 1. The molecule has 4 rings (SSSR count). The van der Waals surface area contributed by atoms with Gasteiger partial charge in [-0.05, 0) is 37.3 Å². The number of hydrogen-bond acceptors (Lipinski definition) is 6. The molecule has 1 aromatic heterocycles. The second-order valence-corrected chi connectivity index (χ2v) is 7.18. The second kappa shape index (κ2) is 7.26. The fourth-order valence-electron chi connectivity index (χ4n) is 3.52. The molecule has 29 heavy (non-hydrogen) atoms. The number of rotatable bonds is 6. The molecule has 2 aliphatic rings. The van der Waals surface area contributed by atoms with E-state index in [0.29, 0.717) is 11.5 Å². The van der Waals surface area contributed by atoms with Gasteiger partial charge in [0, 0.05) is 36.7 Å². The van der Waals surface area contributed by atoms with Gasteiger partial charge in [0.25, 0.3) is 11.8 Å². The highest BCUT2D eigenvalue weighted by molar-refractivity contribution is 6.06. The van der Waals surface area contributed by atoms with Gasteiger partial charge in [-0.2, -0.15) is 8.78 Å². The van der Waals surface area contributed by atoms with Crippen LogP contribution in [0.4, 0.5) is 20.4 Å². The summed E-state index contributed by atoms with van der Waals surface area (Å²) in [6, 6.07) is 2.84. The predicted molar refractivity (Wildman–Crippen MR) is 99.5 cm³/mol. The number of aromatic nitrogens is 2. The standard InChI is InChI=1S/C19H19F2N5O3/c1-9(10-2-3-10)26-8-11-4-13(5-14(29-18(20)21)15(11)17(26)28)25-16(27)12-6-23-19(22)24-7-12/h4-7,9-10,18H,2-3,8H2,1H3,(H,25,27)(H2,22,23,24)/t9-/m0/s1. The summed E-state index contributed by atoms with van der Waals surface area (Å²) in [5.74, 6) is -0.676. The molecule has 10 heteroatoms. The number of halogens is 2. The zero-order valence-electron chi connectivity index (χ0n) is 15.6. The van der Waals surface area contributed by atoms with E-state index in [4.69, 9.17) is 5.73 Å². The smallest absolute Gasteiger partial charge is 0.387 e. The van der Waals surface area contributed by atoms with Crippen LogP contribution in [0, 0.1) is 5.92 Å². The van der Waals surface area contributed by atoms with E-state index in [1.54, 1.807) is 11.0 Å². The number of carbonyl (C=O) groups excluding carboxylic acids is 2. The summed E-state index contributed by atoms with van der Waals surface area (Å²) in [5.41, 5.74) is 6.43. The lowest BCUT2D eigenvalue weighted by atomic mass is 10.1. The Morgan fingerprint density at radius 1 is 1.31 bits per heavy atom. The van der Waals surface area contributed by atoms with Gasteiger partial charge in [-0.25, -0.2) is 9.97 Å². The molecule has 0 radical (unpaired) electrons. The average molecular weight is 403 g/mol. The van der Waals surface area contributed by atoms with Crippen molar-refractivity contribution in [1.82, 2.24) is 14.9 Å². The lowest BCUT2D eigenvalue weighted by Gasteiger charge is -2.24. The van der Waals surface area contributed by atoms with Gasteiger partial charge in [0.2, 0.25) is 5.95 Å².